The molecule has 0 spiro atoms. The van der Waals surface area contributed by atoms with Gasteiger partial charge < -0.3 is 23.9 Å². The number of fused-ring (bicyclic) bond motifs is 3. The zero-order valence-corrected chi connectivity index (χ0v) is 21.9. The third-order valence-corrected chi connectivity index (χ3v) is 8.20. The molecule has 2 aromatic heterocycles. The largest absolute Gasteiger partial charge is 0.491 e. The molecule has 4 atom stereocenters. The highest BCUT2D eigenvalue weighted by Gasteiger charge is 2.48. The molecular weight excluding hydrogens is 454 g/mol. The van der Waals surface area contributed by atoms with Crippen LogP contribution in [0.1, 0.15) is 69.9 Å². The summed E-state index contributed by atoms with van der Waals surface area (Å²) in [6.07, 6.45) is 4.98. The maximum absolute atomic E-state index is 14.0. The number of carbonyl (C=O) groups excluding carboxylic acids is 2. The van der Waals surface area contributed by atoms with Crippen LogP contribution in [0.5, 0.6) is 5.75 Å². The predicted octanol–water partition coefficient (Wildman–Crippen LogP) is 5.38. The first-order valence-corrected chi connectivity index (χ1v) is 13.1. The number of nitrogens with one attached hydrogen (secondary N) is 1. The molecule has 0 saturated heterocycles. The van der Waals surface area contributed by atoms with Crippen LogP contribution in [0.3, 0.4) is 0 Å². The van der Waals surface area contributed by atoms with Gasteiger partial charge in [-0.1, -0.05) is 38.8 Å². The fourth-order valence-corrected chi connectivity index (χ4v) is 5.76. The number of carbonyl (C=O) groups is 2. The van der Waals surface area contributed by atoms with E-state index in [4.69, 9.17) is 9.15 Å². The Morgan fingerprint density at radius 3 is 2.67 bits per heavy atom. The van der Waals surface area contributed by atoms with Crippen LogP contribution >= 0.6 is 0 Å². The molecule has 1 aliphatic carbocycles. The van der Waals surface area contributed by atoms with Gasteiger partial charge in [0.25, 0.3) is 5.91 Å². The summed E-state index contributed by atoms with van der Waals surface area (Å²) in [7, 11) is 0. The Labute approximate surface area is 212 Å². The smallest absolute Gasteiger partial charge is 0.271 e. The van der Waals surface area contributed by atoms with E-state index in [1.54, 1.807) is 17.2 Å². The Bertz CT molecular complexity index is 1260. The maximum atomic E-state index is 14.0. The fourth-order valence-electron chi connectivity index (χ4n) is 5.76. The molecule has 2 amide bonds. The third-order valence-electron chi connectivity index (χ3n) is 8.20. The lowest BCUT2D eigenvalue weighted by Gasteiger charge is -2.45. The van der Waals surface area contributed by atoms with Crippen molar-refractivity contribution in [3.05, 3.63) is 53.9 Å². The first-order chi connectivity index (χ1) is 17.2. The SMILES string of the molecule is CC(C)Oc1ccc(CN2C(=O)c3cc4occc4n3C[C@]2(C)C(=O)N[C@@H]2CCC[C@H](C)[C@@H]2C)cc1. The van der Waals surface area contributed by atoms with Gasteiger partial charge in [-0.15, -0.1) is 0 Å². The highest BCUT2D eigenvalue weighted by Crippen LogP contribution is 2.35. The summed E-state index contributed by atoms with van der Waals surface area (Å²) in [4.78, 5) is 29.6. The average molecular weight is 492 g/mol. The van der Waals surface area contributed by atoms with Crippen LogP contribution in [0.2, 0.25) is 0 Å². The van der Waals surface area contributed by atoms with Crippen molar-refractivity contribution in [2.75, 3.05) is 0 Å². The molecule has 2 aliphatic rings. The normalized spacial score (nSPS) is 26.3. The zero-order chi connectivity index (χ0) is 25.6. The summed E-state index contributed by atoms with van der Waals surface area (Å²) < 4.78 is 13.3. The van der Waals surface area contributed by atoms with E-state index in [1.165, 1.54) is 6.42 Å². The highest BCUT2D eigenvalue weighted by molar-refractivity contribution is 6.02. The molecular formula is C29H37N3O4. The van der Waals surface area contributed by atoms with Gasteiger partial charge in [0.1, 0.15) is 17.0 Å². The van der Waals surface area contributed by atoms with Crippen LogP contribution in [0.4, 0.5) is 0 Å². The lowest BCUT2D eigenvalue weighted by molar-refractivity contribution is -0.134. The fraction of sp³-hybridized carbons (Fsp3) is 0.517. The van der Waals surface area contributed by atoms with Crippen molar-refractivity contribution >= 4 is 22.9 Å². The van der Waals surface area contributed by atoms with Crippen molar-refractivity contribution in [3.8, 4) is 5.75 Å². The van der Waals surface area contributed by atoms with Crippen molar-refractivity contribution in [1.29, 1.82) is 0 Å². The molecule has 0 bridgehead atoms. The lowest BCUT2D eigenvalue weighted by atomic mass is 9.77. The number of ether oxygens (including phenoxy) is 1. The second-order valence-corrected chi connectivity index (χ2v) is 11.1. The Balaban J connectivity index is 1.48. The third kappa shape index (κ3) is 4.29. The number of rotatable bonds is 6. The van der Waals surface area contributed by atoms with E-state index in [-0.39, 0.29) is 24.0 Å². The van der Waals surface area contributed by atoms with E-state index < -0.39 is 5.54 Å². The summed E-state index contributed by atoms with van der Waals surface area (Å²) in [6.45, 7) is 11.0. The number of amides is 2. The number of hydrogen-bond donors (Lipinski definition) is 1. The monoisotopic (exact) mass is 491 g/mol. The number of aromatic nitrogens is 1. The summed E-state index contributed by atoms with van der Waals surface area (Å²) in [6, 6.07) is 11.5. The van der Waals surface area contributed by atoms with Crippen LogP contribution in [-0.2, 0) is 17.9 Å². The Hall–Kier alpha value is -3.22. The lowest BCUT2D eigenvalue weighted by Crippen LogP contribution is -2.65. The van der Waals surface area contributed by atoms with Crippen molar-refractivity contribution in [2.45, 2.75) is 84.7 Å². The number of furan rings is 1. The van der Waals surface area contributed by atoms with Gasteiger partial charge in [0, 0.05) is 24.7 Å². The maximum Gasteiger partial charge on any atom is 0.271 e. The summed E-state index contributed by atoms with van der Waals surface area (Å²) in [5, 5.41) is 3.35. The number of nitrogens with zero attached hydrogens (tertiary/aromatic N) is 2. The summed E-state index contributed by atoms with van der Waals surface area (Å²) in [5.74, 6) is 1.48. The first-order valence-electron chi connectivity index (χ1n) is 13.1. The Kier molecular flexibility index (Phi) is 6.35. The highest BCUT2D eigenvalue weighted by atomic mass is 16.5. The molecule has 7 heteroatoms. The summed E-state index contributed by atoms with van der Waals surface area (Å²) >= 11 is 0. The molecule has 1 aromatic carbocycles. The van der Waals surface area contributed by atoms with E-state index >= 15 is 0 Å². The molecule has 0 unspecified atom stereocenters. The van der Waals surface area contributed by atoms with E-state index in [0.29, 0.717) is 36.2 Å². The minimum atomic E-state index is -1.05. The van der Waals surface area contributed by atoms with E-state index in [0.717, 1.165) is 29.7 Å². The Morgan fingerprint density at radius 1 is 1.19 bits per heavy atom. The van der Waals surface area contributed by atoms with Crippen LogP contribution in [0, 0.1) is 11.8 Å². The Morgan fingerprint density at radius 2 is 1.94 bits per heavy atom. The van der Waals surface area contributed by atoms with Gasteiger partial charge in [-0.25, -0.2) is 0 Å². The van der Waals surface area contributed by atoms with Crippen molar-refractivity contribution < 1.29 is 18.7 Å². The molecule has 3 aromatic rings. The van der Waals surface area contributed by atoms with Crippen molar-refractivity contribution in [2.24, 2.45) is 11.8 Å². The van der Waals surface area contributed by atoms with Gasteiger partial charge in [0.2, 0.25) is 5.91 Å². The van der Waals surface area contributed by atoms with Crippen LogP contribution in [-0.4, -0.2) is 39.0 Å². The minimum Gasteiger partial charge on any atom is -0.491 e. The van der Waals surface area contributed by atoms with Gasteiger partial charge in [-0.2, -0.15) is 0 Å². The quantitative estimate of drug-likeness (QED) is 0.502. The van der Waals surface area contributed by atoms with Crippen LogP contribution in [0.15, 0.2) is 47.1 Å². The molecule has 5 rings (SSSR count). The zero-order valence-electron chi connectivity index (χ0n) is 21.9. The predicted molar refractivity (Wildman–Crippen MR) is 139 cm³/mol. The second-order valence-electron chi connectivity index (χ2n) is 11.1. The minimum absolute atomic E-state index is 0.0856. The van der Waals surface area contributed by atoms with Gasteiger partial charge in [0.15, 0.2) is 5.58 Å². The molecule has 1 aliphatic heterocycles. The molecule has 1 saturated carbocycles. The molecule has 0 radical (unpaired) electrons. The van der Waals surface area contributed by atoms with Crippen LogP contribution in [0.25, 0.3) is 11.1 Å². The van der Waals surface area contributed by atoms with Crippen molar-refractivity contribution in [3.63, 3.8) is 0 Å². The van der Waals surface area contributed by atoms with Gasteiger partial charge in [-0.3, -0.25) is 9.59 Å². The molecule has 1 fully saturated rings. The number of hydrogen-bond acceptors (Lipinski definition) is 4. The molecule has 1 N–H and O–H groups in total. The average Bonchev–Trinajstić information content (AvgIpc) is 3.43. The molecule has 3 heterocycles. The van der Waals surface area contributed by atoms with Gasteiger partial charge >= 0.3 is 0 Å². The molecule has 192 valence electrons. The second kappa shape index (κ2) is 9.34. The summed E-state index contributed by atoms with van der Waals surface area (Å²) in [5.41, 5.74) is 1.94. The molecule has 36 heavy (non-hydrogen) atoms. The van der Waals surface area contributed by atoms with Crippen molar-refractivity contribution in [1.82, 2.24) is 14.8 Å². The molecule has 7 nitrogen and oxygen atoms in total. The standard InChI is InChI=1S/C29H37N3O4/c1-18(2)36-22-11-9-21(10-12-22)16-32-27(33)25-15-26-24(13-14-35-26)31(25)17-29(32,5)28(34)30-23-8-6-7-19(3)20(23)4/h9-15,18-20,23H,6-8,16-17H2,1-5H3,(H,30,34)/t19-,20-,23+,29+/m0/s1. The van der Waals surface area contributed by atoms with E-state index in [2.05, 4.69) is 19.2 Å². The first kappa shape index (κ1) is 24.5. The number of benzene rings is 1. The van der Waals surface area contributed by atoms with Crippen LogP contribution < -0.4 is 10.1 Å². The van der Waals surface area contributed by atoms with Gasteiger partial charge in [0.05, 0.1) is 24.4 Å². The topological polar surface area (TPSA) is 76.7 Å². The van der Waals surface area contributed by atoms with Gasteiger partial charge in [-0.05, 0) is 56.7 Å². The van der Waals surface area contributed by atoms with E-state index in [9.17, 15) is 9.59 Å². The van der Waals surface area contributed by atoms with E-state index in [1.807, 2.05) is 55.7 Å².